The van der Waals surface area contributed by atoms with Crippen LogP contribution in [0.1, 0.15) is 24.5 Å². The number of aryl methyl sites for hydroxylation is 1. The van der Waals surface area contributed by atoms with E-state index in [-0.39, 0.29) is 0 Å². The van der Waals surface area contributed by atoms with Gasteiger partial charge in [-0.05, 0) is 43.7 Å². The van der Waals surface area contributed by atoms with Crippen LogP contribution < -0.4 is 10.1 Å². The third kappa shape index (κ3) is 3.04. The van der Waals surface area contributed by atoms with Crippen LogP contribution in [0, 0.1) is 6.92 Å². The standard InChI is InChI=1S/C12H19NO/c1-4-7-14-12-6-5-11(9-13-3)10(2)8-12/h5-6,8,13H,4,7,9H2,1-3H3. The molecule has 0 aromatic heterocycles. The molecule has 0 aliphatic carbocycles. The monoisotopic (exact) mass is 193 g/mol. The average molecular weight is 193 g/mol. The van der Waals surface area contributed by atoms with Crippen LogP contribution in [-0.4, -0.2) is 13.7 Å². The molecule has 1 N–H and O–H groups in total. The fraction of sp³-hybridized carbons (Fsp3) is 0.500. The van der Waals surface area contributed by atoms with Crippen molar-refractivity contribution in [2.24, 2.45) is 0 Å². The van der Waals surface area contributed by atoms with Crippen molar-refractivity contribution in [2.75, 3.05) is 13.7 Å². The molecular formula is C12H19NO. The maximum atomic E-state index is 5.55. The second-order valence-corrected chi connectivity index (χ2v) is 3.47. The van der Waals surface area contributed by atoms with Crippen molar-refractivity contribution in [3.8, 4) is 5.75 Å². The van der Waals surface area contributed by atoms with Gasteiger partial charge >= 0.3 is 0 Å². The smallest absolute Gasteiger partial charge is 0.119 e. The minimum Gasteiger partial charge on any atom is -0.494 e. The highest BCUT2D eigenvalue weighted by molar-refractivity contribution is 5.34. The Labute approximate surface area is 86.3 Å². The zero-order valence-corrected chi connectivity index (χ0v) is 9.26. The Bertz CT molecular complexity index is 284. The number of ether oxygens (including phenoxy) is 1. The van der Waals surface area contributed by atoms with Crippen LogP contribution in [0.25, 0.3) is 0 Å². The van der Waals surface area contributed by atoms with Gasteiger partial charge in [0.05, 0.1) is 6.61 Å². The van der Waals surface area contributed by atoms with Gasteiger partial charge in [0.25, 0.3) is 0 Å². The first-order chi connectivity index (χ1) is 6.77. The van der Waals surface area contributed by atoms with Crippen molar-refractivity contribution in [3.05, 3.63) is 29.3 Å². The van der Waals surface area contributed by atoms with Crippen LogP contribution >= 0.6 is 0 Å². The van der Waals surface area contributed by atoms with Crippen molar-refractivity contribution in [1.82, 2.24) is 5.32 Å². The van der Waals surface area contributed by atoms with Crippen LogP contribution in [0.15, 0.2) is 18.2 Å². The Balaban J connectivity index is 2.68. The first-order valence-electron chi connectivity index (χ1n) is 5.15. The Hall–Kier alpha value is -1.02. The molecule has 0 aliphatic rings. The van der Waals surface area contributed by atoms with E-state index < -0.39 is 0 Å². The first-order valence-corrected chi connectivity index (χ1v) is 5.15. The molecule has 0 saturated heterocycles. The van der Waals surface area contributed by atoms with E-state index in [1.165, 1.54) is 11.1 Å². The fourth-order valence-electron chi connectivity index (χ4n) is 1.37. The van der Waals surface area contributed by atoms with E-state index in [0.717, 1.165) is 25.3 Å². The average Bonchev–Trinajstić information content (AvgIpc) is 2.19. The van der Waals surface area contributed by atoms with Gasteiger partial charge in [-0.3, -0.25) is 0 Å². The Morgan fingerprint density at radius 2 is 2.14 bits per heavy atom. The minimum absolute atomic E-state index is 0.796. The number of hydrogen-bond donors (Lipinski definition) is 1. The van der Waals surface area contributed by atoms with Crippen molar-refractivity contribution in [3.63, 3.8) is 0 Å². The zero-order valence-electron chi connectivity index (χ0n) is 9.26. The van der Waals surface area contributed by atoms with Crippen LogP contribution in [0.5, 0.6) is 5.75 Å². The molecule has 0 bridgehead atoms. The molecule has 0 spiro atoms. The van der Waals surface area contributed by atoms with Crippen LogP contribution in [0.4, 0.5) is 0 Å². The van der Waals surface area contributed by atoms with Crippen LogP contribution in [0.2, 0.25) is 0 Å². The fourth-order valence-corrected chi connectivity index (χ4v) is 1.37. The quantitative estimate of drug-likeness (QED) is 0.775. The third-order valence-corrected chi connectivity index (χ3v) is 2.15. The highest BCUT2D eigenvalue weighted by Gasteiger charge is 1.99. The lowest BCUT2D eigenvalue weighted by atomic mass is 10.1. The van der Waals surface area contributed by atoms with Crippen molar-refractivity contribution in [2.45, 2.75) is 26.8 Å². The summed E-state index contributed by atoms with van der Waals surface area (Å²) in [7, 11) is 1.96. The summed E-state index contributed by atoms with van der Waals surface area (Å²) in [5.41, 5.74) is 2.62. The summed E-state index contributed by atoms with van der Waals surface area (Å²) in [6.07, 6.45) is 1.05. The summed E-state index contributed by atoms with van der Waals surface area (Å²) < 4.78 is 5.55. The number of rotatable bonds is 5. The Kier molecular flexibility index (Phi) is 4.47. The van der Waals surface area contributed by atoms with Crippen LogP contribution in [0.3, 0.4) is 0 Å². The summed E-state index contributed by atoms with van der Waals surface area (Å²) in [5, 5.41) is 3.15. The van der Waals surface area contributed by atoms with Crippen LogP contribution in [-0.2, 0) is 6.54 Å². The van der Waals surface area contributed by atoms with E-state index in [9.17, 15) is 0 Å². The molecule has 78 valence electrons. The molecule has 0 amide bonds. The number of nitrogens with one attached hydrogen (secondary N) is 1. The molecular weight excluding hydrogens is 174 g/mol. The molecule has 0 aliphatic heterocycles. The van der Waals surface area contributed by atoms with E-state index >= 15 is 0 Å². The van der Waals surface area contributed by atoms with Gasteiger partial charge in [-0.1, -0.05) is 13.0 Å². The topological polar surface area (TPSA) is 21.3 Å². The molecule has 1 rings (SSSR count). The predicted molar refractivity (Wildman–Crippen MR) is 59.7 cm³/mol. The maximum absolute atomic E-state index is 5.55. The molecule has 1 aromatic rings. The highest BCUT2D eigenvalue weighted by atomic mass is 16.5. The lowest BCUT2D eigenvalue weighted by molar-refractivity contribution is 0.317. The van der Waals surface area contributed by atoms with E-state index in [0.29, 0.717) is 0 Å². The SMILES string of the molecule is CCCOc1ccc(CNC)c(C)c1. The lowest BCUT2D eigenvalue weighted by Crippen LogP contribution is -2.06. The first kappa shape index (κ1) is 11.1. The Morgan fingerprint density at radius 1 is 1.36 bits per heavy atom. The predicted octanol–water partition coefficient (Wildman–Crippen LogP) is 2.50. The number of benzene rings is 1. The zero-order chi connectivity index (χ0) is 10.4. The van der Waals surface area contributed by atoms with E-state index in [1.807, 2.05) is 13.1 Å². The molecule has 0 atom stereocenters. The molecule has 2 heteroatoms. The second-order valence-electron chi connectivity index (χ2n) is 3.47. The van der Waals surface area contributed by atoms with Gasteiger partial charge in [-0.2, -0.15) is 0 Å². The van der Waals surface area contributed by atoms with Gasteiger partial charge in [0.2, 0.25) is 0 Å². The van der Waals surface area contributed by atoms with Gasteiger partial charge < -0.3 is 10.1 Å². The molecule has 0 unspecified atom stereocenters. The van der Waals surface area contributed by atoms with Crippen molar-refractivity contribution < 1.29 is 4.74 Å². The van der Waals surface area contributed by atoms with Gasteiger partial charge in [0.1, 0.15) is 5.75 Å². The largest absolute Gasteiger partial charge is 0.494 e. The summed E-state index contributed by atoms with van der Waals surface area (Å²) >= 11 is 0. The van der Waals surface area contributed by atoms with E-state index in [2.05, 4.69) is 31.3 Å². The molecule has 2 nitrogen and oxygen atoms in total. The minimum atomic E-state index is 0.796. The molecule has 0 fully saturated rings. The molecule has 0 heterocycles. The Morgan fingerprint density at radius 3 is 2.71 bits per heavy atom. The molecule has 0 radical (unpaired) electrons. The van der Waals surface area contributed by atoms with Gasteiger partial charge in [0.15, 0.2) is 0 Å². The van der Waals surface area contributed by atoms with E-state index in [4.69, 9.17) is 4.74 Å². The van der Waals surface area contributed by atoms with Crippen molar-refractivity contribution >= 4 is 0 Å². The summed E-state index contributed by atoms with van der Waals surface area (Å²) in [5.74, 6) is 0.976. The lowest BCUT2D eigenvalue weighted by Gasteiger charge is -2.09. The summed E-state index contributed by atoms with van der Waals surface area (Å²) in [6, 6.07) is 6.26. The third-order valence-electron chi connectivity index (χ3n) is 2.15. The highest BCUT2D eigenvalue weighted by Crippen LogP contribution is 2.17. The second kappa shape index (κ2) is 5.66. The normalized spacial score (nSPS) is 10.2. The molecule has 14 heavy (non-hydrogen) atoms. The van der Waals surface area contributed by atoms with Crippen molar-refractivity contribution in [1.29, 1.82) is 0 Å². The summed E-state index contributed by atoms with van der Waals surface area (Å²) in [4.78, 5) is 0. The number of hydrogen-bond acceptors (Lipinski definition) is 2. The molecule has 1 aromatic carbocycles. The van der Waals surface area contributed by atoms with Gasteiger partial charge in [-0.25, -0.2) is 0 Å². The maximum Gasteiger partial charge on any atom is 0.119 e. The van der Waals surface area contributed by atoms with Gasteiger partial charge in [0, 0.05) is 6.54 Å². The van der Waals surface area contributed by atoms with E-state index in [1.54, 1.807) is 0 Å². The molecule has 0 saturated carbocycles. The summed E-state index contributed by atoms with van der Waals surface area (Å²) in [6.45, 7) is 5.94. The van der Waals surface area contributed by atoms with Gasteiger partial charge in [-0.15, -0.1) is 0 Å².